The molecule has 0 saturated heterocycles. The Morgan fingerprint density at radius 1 is 1.03 bits per heavy atom. The van der Waals surface area contributed by atoms with Crippen molar-refractivity contribution < 1.29 is 23.7 Å². The van der Waals surface area contributed by atoms with Crippen LogP contribution in [0.1, 0.15) is 42.0 Å². The number of nitrogen functional groups attached to an aromatic ring is 1. The van der Waals surface area contributed by atoms with E-state index in [9.17, 15) is 9.50 Å². The van der Waals surface area contributed by atoms with E-state index in [2.05, 4.69) is 11.8 Å². The highest BCUT2D eigenvalue weighted by molar-refractivity contribution is 5.85. The number of hydrogen-bond acceptors (Lipinski definition) is 6. The zero-order valence-electron chi connectivity index (χ0n) is 22.2. The van der Waals surface area contributed by atoms with E-state index in [4.69, 9.17) is 19.9 Å². The van der Waals surface area contributed by atoms with Gasteiger partial charge in [-0.25, -0.2) is 4.39 Å². The number of phenols is 1. The number of anilines is 1. The van der Waals surface area contributed by atoms with Gasteiger partial charge in [0.05, 0.1) is 19.9 Å². The molecule has 0 aliphatic heterocycles. The maximum Gasteiger partial charge on any atom is 0.184 e. The molecule has 0 fully saturated rings. The summed E-state index contributed by atoms with van der Waals surface area (Å²) in [5.41, 5.74) is 12.5. The van der Waals surface area contributed by atoms with Crippen molar-refractivity contribution in [1.29, 1.82) is 0 Å². The summed E-state index contributed by atoms with van der Waals surface area (Å²) in [5, 5.41) is 11.0. The Morgan fingerprint density at radius 2 is 1.81 bits per heavy atom. The quantitative estimate of drug-likeness (QED) is 0.347. The van der Waals surface area contributed by atoms with Crippen LogP contribution in [0.4, 0.5) is 10.1 Å². The maximum atomic E-state index is 15.0. The predicted octanol–water partition coefficient (Wildman–Crippen LogP) is 5.60. The molecule has 0 bridgehead atoms. The molecule has 0 radical (unpaired) electrons. The first-order chi connectivity index (χ1) is 17.9. The summed E-state index contributed by atoms with van der Waals surface area (Å²) in [6, 6.07) is 10.6. The van der Waals surface area contributed by atoms with Gasteiger partial charge >= 0.3 is 0 Å². The average Bonchev–Trinajstić information content (AvgIpc) is 2.90. The lowest BCUT2D eigenvalue weighted by Gasteiger charge is -2.24. The zero-order chi connectivity index (χ0) is 26.5. The first kappa shape index (κ1) is 26.6. The van der Waals surface area contributed by atoms with Crippen LogP contribution in [0.15, 0.2) is 36.4 Å². The Bertz CT molecular complexity index is 1260. The normalized spacial score (nSPS) is 12.9. The number of nitrogens with zero attached hydrogens (tertiary/aromatic N) is 1. The molecule has 3 aromatic carbocycles. The highest BCUT2D eigenvalue weighted by Gasteiger charge is 2.25. The third-order valence-electron chi connectivity index (χ3n) is 7.25. The van der Waals surface area contributed by atoms with Crippen molar-refractivity contribution >= 4 is 5.69 Å². The van der Waals surface area contributed by atoms with Gasteiger partial charge in [-0.15, -0.1) is 0 Å². The zero-order valence-corrected chi connectivity index (χ0v) is 22.2. The van der Waals surface area contributed by atoms with Crippen LogP contribution in [-0.4, -0.2) is 51.0 Å². The van der Waals surface area contributed by atoms with Gasteiger partial charge in [0.2, 0.25) is 0 Å². The molecule has 0 aromatic heterocycles. The Labute approximate surface area is 218 Å². The number of likely N-dealkylation sites (N-methyl/N-ethyl adjacent to an activating group) is 1. The number of ether oxygens (including phenoxy) is 3. The number of benzene rings is 3. The van der Waals surface area contributed by atoms with E-state index >= 15 is 0 Å². The Kier molecular flexibility index (Phi) is 8.44. The fourth-order valence-electron chi connectivity index (χ4n) is 5.04. The molecule has 0 amide bonds. The molecule has 6 nitrogen and oxygen atoms in total. The smallest absolute Gasteiger partial charge is 0.184 e. The lowest BCUT2D eigenvalue weighted by molar-refractivity contribution is 0.236. The first-order valence-electron chi connectivity index (χ1n) is 12.8. The van der Waals surface area contributed by atoms with Crippen molar-refractivity contribution in [3.05, 3.63) is 64.5 Å². The van der Waals surface area contributed by atoms with Crippen LogP contribution in [0.2, 0.25) is 0 Å². The van der Waals surface area contributed by atoms with Crippen LogP contribution in [0.5, 0.6) is 23.0 Å². The Balaban J connectivity index is 1.76. The van der Waals surface area contributed by atoms with Gasteiger partial charge in [-0.2, -0.15) is 0 Å². The van der Waals surface area contributed by atoms with E-state index in [1.807, 2.05) is 25.2 Å². The molecule has 3 aromatic rings. The monoisotopic (exact) mass is 508 g/mol. The fraction of sp³-hybridized carbons (Fsp3) is 0.400. The second-order valence-corrected chi connectivity index (χ2v) is 9.54. The molecule has 0 atom stereocenters. The Hall–Kier alpha value is -3.45. The Morgan fingerprint density at radius 3 is 2.51 bits per heavy atom. The first-order valence-corrected chi connectivity index (χ1v) is 12.8. The topological polar surface area (TPSA) is 77.2 Å². The van der Waals surface area contributed by atoms with Crippen LogP contribution in [0.3, 0.4) is 0 Å². The van der Waals surface area contributed by atoms with Crippen molar-refractivity contribution in [3.8, 4) is 34.1 Å². The minimum atomic E-state index is -0.419. The number of methoxy groups -OCH3 is 2. The van der Waals surface area contributed by atoms with Crippen molar-refractivity contribution in [1.82, 2.24) is 4.90 Å². The molecule has 3 N–H and O–H groups in total. The van der Waals surface area contributed by atoms with Crippen LogP contribution in [0, 0.1) is 5.82 Å². The summed E-state index contributed by atoms with van der Waals surface area (Å²) >= 11 is 0. The van der Waals surface area contributed by atoms with Gasteiger partial charge in [0, 0.05) is 18.5 Å². The lowest BCUT2D eigenvalue weighted by atomic mass is 9.83. The van der Waals surface area contributed by atoms with Gasteiger partial charge in [0.15, 0.2) is 23.1 Å². The summed E-state index contributed by atoms with van der Waals surface area (Å²) in [5.74, 6) is 0.908. The fourth-order valence-corrected chi connectivity index (χ4v) is 5.04. The number of halogens is 1. The van der Waals surface area contributed by atoms with E-state index < -0.39 is 5.82 Å². The van der Waals surface area contributed by atoms with Gasteiger partial charge in [0.1, 0.15) is 12.4 Å². The molecule has 0 saturated carbocycles. The maximum absolute atomic E-state index is 15.0. The number of aryl methyl sites for hydroxylation is 1. The third-order valence-corrected chi connectivity index (χ3v) is 7.25. The average molecular weight is 509 g/mol. The van der Waals surface area contributed by atoms with E-state index in [-0.39, 0.29) is 11.5 Å². The minimum Gasteiger partial charge on any atom is -0.507 e. The molecule has 0 spiro atoms. The standard InChI is InChI=1S/C30H37FN2O4/c1-5-33(2)14-15-37-26-13-10-19(17-24(26)31)16-23-22(18-27(35-3)30(36-4)29(23)32)28-21-9-7-6-8-20(21)11-12-25(28)34/h10-13,17-18,34H,5-9,14-16,32H2,1-4H3. The van der Waals surface area contributed by atoms with Gasteiger partial charge in [0.25, 0.3) is 0 Å². The molecular formula is C30H37FN2O4. The molecule has 1 aliphatic rings. The van der Waals surface area contributed by atoms with Gasteiger partial charge in [-0.3, -0.25) is 0 Å². The summed E-state index contributed by atoms with van der Waals surface area (Å²) in [6.07, 6.45) is 4.38. The second-order valence-electron chi connectivity index (χ2n) is 9.54. The van der Waals surface area contributed by atoms with Crippen LogP contribution in [0.25, 0.3) is 11.1 Å². The number of fused-ring (bicyclic) bond motifs is 1. The van der Waals surface area contributed by atoms with Crippen LogP contribution in [-0.2, 0) is 19.3 Å². The van der Waals surface area contributed by atoms with E-state index in [1.165, 1.54) is 11.6 Å². The van der Waals surface area contributed by atoms with Crippen molar-refractivity contribution in [3.63, 3.8) is 0 Å². The van der Waals surface area contributed by atoms with E-state index in [0.717, 1.165) is 60.0 Å². The largest absolute Gasteiger partial charge is 0.507 e. The molecule has 0 heterocycles. The van der Waals surface area contributed by atoms with E-state index in [1.54, 1.807) is 26.4 Å². The number of aromatic hydroxyl groups is 1. The van der Waals surface area contributed by atoms with Crippen LogP contribution >= 0.6 is 0 Å². The van der Waals surface area contributed by atoms with E-state index in [0.29, 0.717) is 36.8 Å². The molecule has 198 valence electrons. The summed E-state index contributed by atoms with van der Waals surface area (Å²) in [6.45, 7) is 4.09. The SMILES string of the molecule is CCN(C)CCOc1ccc(Cc2c(-c3c(O)ccc4c3CCCC4)cc(OC)c(OC)c2N)cc1F. The van der Waals surface area contributed by atoms with Gasteiger partial charge in [-0.1, -0.05) is 19.1 Å². The van der Waals surface area contributed by atoms with Gasteiger partial charge in [-0.05, 0) is 91.4 Å². The summed E-state index contributed by atoms with van der Waals surface area (Å²) in [7, 11) is 5.10. The number of rotatable bonds is 10. The lowest BCUT2D eigenvalue weighted by Crippen LogP contribution is -2.23. The van der Waals surface area contributed by atoms with Crippen LogP contribution < -0.4 is 19.9 Å². The second kappa shape index (κ2) is 11.7. The third kappa shape index (κ3) is 5.62. The molecule has 1 aliphatic carbocycles. The number of nitrogens with two attached hydrogens (primary N) is 1. The highest BCUT2D eigenvalue weighted by Crippen LogP contribution is 2.47. The van der Waals surface area contributed by atoms with Crippen molar-refractivity contribution in [2.75, 3.05) is 46.7 Å². The van der Waals surface area contributed by atoms with Crippen molar-refractivity contribution in [2.24, 2.45) is 0 Å². The number of phenolic OH excluding ortho intramolecular Hbond substituents is 1. The van der Waals surface area contributed by atoms with Gasteiger partial charge < -0.3 is 30.0 Å². The molecule has 0 unspecified atom stereocenters. The van der Waals surface area contributed by atoms with Crippen molar-refractivity contribution in [2.45, 2.75) is 39.0 Å². The molecule has 37 heavy (non-hydrogen) atoms. The molecule has 7 heteroatoms. The summed E-state index contributed by atoms with van der Waals surface area (Å²) in [4.78, 5) is 2.10. The summed E-state index contributed by atoms with van der Waals surface area (Å²) < 4.78 is 31.8. The minimum absolute atomic E-state index is 0.195. The highest BCUT2D eigenvalue weighted by atomic mass is 19.1. The predicted molar refractivity (Wildman–Crippen MR) is 146 cm³/mol. The molecular weight excluding hydrogens is 471 g/mol. The molecule has 4 rings (SSSR count). The number of hydrogen-bond donors (Lipinski definition) is 2.